The second-order valence-corrected chi connectivity index (χ2v) is 5.87. The molecule has 2 atom stereocenters. The Balaban J connectivity index is 1.46. The molecule has 6 heteroatoms. The highest BCUT2D eigenvalue weighted by atomic mass is 19.1. The van der Waals surface area contributed by atoms with Gasteiger partial charge in [-0.2, -0.15) is 0 Å². The number of aromatic nitrogens is 1. The molecule has 1 saturated carbocycles. The van der Waals surface area contributed by atoms with E-state index in [1.165, 1.54) is 10.6 Å². The third-order valence-electron chi connectivity index (χ3n) is 4.14. The van der Waals surface area contributed by atoms with Crippen LogP contribution in [0.25, 0.3) is 0 Å². The quantitative estimate of drug-likeness (QED) is 0.603. The van der Waals surface area contributed by atoms with Crippen molar-refractivity contribution in [2.24, 2.45) is 5.92 Å². The van der Waals surface area contributed by atoms with Crippen LogP contribution in [0.4, 0.5) is 8.78 Å². The summed E-state index contributed by atoms with van der Waals surface area (Å²) in [7, 11) is 0. The van der Waals surface area contributed by atoms with Crippen molar-refractivity contribution in [1.82, 2.24) is 4.57 Å². The number of halogens is 2. The number of nitrogens with zero attached hydrogens (tertiary/aromatic N) is 1. The molecule has 3 rings (SSSR count). The second-order valence-electron chi connectivity index (χ2n) is 5.87. The van der Waals surface area contributed by atoms with Gasteiger partial charge in [0.15, 0.2) is 0 Å². The first-order valence-electron chi connectivity index (χ1n) is 7.83. The predicted molar refractivity (Wildman–Crippen MR) is 83.5 cm³/mol. The van der Waals surface area contributed by atoms with E-state index in [0.717, 1.165) is 18.2 Å². The Morgan fingerprint density at radius 1 is 1.25 bits per heavy atom. The largest absolute Gasteiger partial charge is 0.465 e. The zero-order chi connectivity index (χ0) is 17.1. The van der Waals surface area contributed by atoms with Crippen molar-refractivity contribution in [1.29, 1.82) is 0 Å². The van der Waals surface area contributed by atoms with E-state index in [1.807, 2.05) is 0 Å². The van der Waals surface area contributed by atoms with E-state index in [0.29, 0.717) is 19.4 Å². The first-order chi connectivity index (χ1) is 11.6. The minimum Gasteiger partial charge on any atom is -0.465 e. The summed E-state index contributed by atoms with van der Waals surface area (Å²) in [6.45, 7) is 0.647. The van der Waals surface area contributed by atoms with Gasteiger partial charge in [0.05, 0.1) is 12.5 Å². The molecule has 1 aromatic heterocycles. The zero-order valence-electron chi connectivity index (χ0n) is 13.0. The Morgan fingerprint density at radius 2 is 2.08 bits per heavy atom. The fraction of sp³-hybridized carbons (Fsp3) is 0.333. The Bertz CT molecular complexity index is 803. The molecule has 0 amide bonds. The van der Waals surface area contributed by atoms with Crippen LogP contribution in [0, 0.1) is 17.6 Å². The Hall–Kier alpha value is -2.50. The monoisotopic (exact) mass is 333 g/mol. The molecule has 2 unspecified atom stereocenters. The van der Waals surface area contributed by atoms with Crippen molar-refractivity contribution in [3.05, 3.63) is 70.1 Å². The summed E-state index contributed by atoms with van der Waals surface area (Å²) < 4.78 is 33.6. The summed E-state index contributed by atoms with van der Waals surface area (Å²) in [5.74, 6) is -2.14. The van der Waals surface area contributed by atoms with Crippen molar-refractivity contribution in [2.45, 2.75) is 25.3 Å². The van der Waals surface area contributed by atoms with E-state index in [4.69, 9.17) is 4.74 Å². The van der Waals surface area contributed by atoms with E-state index in [2.05, 4.69) is 0 Å². The van der Waals surface area contributed by atoms with Gasteiger partial charge in [0.2, 0.25) is 5.56 Å². The van der Waals surface area contributed by atoms with Gasteiger partial charge in [0, 0.05) is 24.7 Å². The molecule has 126 valence electrons. The number of aryl methyl sites for hydroxylation is 1. The first kappa shape index (κ1) is 16.4. The molecule has 1 aromatic carbocycles. The van der Waals surface area contributed by atoms with Gasteiger partial charge in [-0.3, -0.25) is 9.59 Å². The SMILES string of the molecule is O=C(OCCCn1ccccc1=O)C1CC1c1cc(F)ccc1F. The van der Waals surface area contributed by atoms with E-state index in [1.54, 1.807) is 18.3 Å². The number of pyridine rings is 1. The summed E-state index contributed by atoms with van der Waals surface area (Å²) in [6, 6.07) is 8.15. The number of benzene rings is 1. The maximum absolute atomic E-state index is 13.7. The highest BCUT2D eigenvalue weighted by molar-refractivity contribution is 5.77. The fourth-order valence-electron chi connectivity index (χ4n) is 2.76. The maximum Gasteiger partial charge on any atom is 0.309 e. The van der Waals surface area contributed by atoms with Crippen LogP contribution < -0.4 is 5.56 Å². The Kier molecular flexibility index (Phi) is 4.74. The molecule has 0 saturated heterocycles. The normalized spacial score (nSPS) is 19.1. The lowest BCUT2D eigenvalue weighted by Gasteiger charge is -2.07. The van der Waals surface area contributed by atoms with Crippen LogP contribution in [-0.2, 0) is 16.1 Å². The topological polar surface area (TPSA) is 48.3 Å². The van der Waals surface area contributed by atoms with Gasteiger partial charge < -0.3 is 9.30 Å². The van der Waals surface area contributed by atoms with Crippen LogP contribution in [0.3, 0.4) is 0 Å². The van der Waals surface area contributed by atoms with Crippen molar-refractivity contribution in [2.75, 3.05) is 6.61 Å². The van der Waals surface area contributed by atoms with E-state index >= 15 is 0 Å². The molecule has 4 nitrogen and oxygen atoms in total. The number of rotatable bonds is 6. The summed E-state index contributed by atoms with van der Waals surface area (Å²) in [5, 5.41) is 0. The molecule has 1 aliphatic rings. The summed E-state index contributed by atoms with van der Waals surface area (Å²) in [5.41, 5.74) is 0.125. The van der Waals surface area contributed by atoms with Gasteiger partial charge in [-0.25, -0.2) is 8.78 Å². The number of carbonyl (C=O) groups excluding carboxylic acids is 1. The van der Waals surface area contributed by atoms with Crippen LogP contribution >= 0.6 is 0 Å². The predicted octanol–water partition coefficient (Wildman–Crippen LogP) is 2.86. The lowest BCUT2D eigenvalue weighted by Crippen LogP contribution is -2.19. The molecule has 24 heavy (non-hydrogen) atoms. The molecule has 0 bridgehead atoms. The molecular formula is C18H17F2NO3. The van der Waals surface area contributed by atoms with Crippen molar-refractivity contribution < 1.29 is 18.3 Å². The van der Waals surface area contributed by atoms with Gasteiger partial charge in [0.25, 0.3) is 0 Å². The molecule has 1 fully saturated rings. The molecular weight excluding hydrogens is 316 g/mol. The summed E-state index contributed by atoms with van der Waals surface area (Å²) in [4.78, 5) is 23.5. The Morgan fingerprint density at radius 3 is 2.88 bits per heavy atom. The lowest BCUT2D eigenvalue weighted by atomic mass is 10.1. The van der Waals surface area contributed by atoms with Gasteiger partial charge in [-0.1, -0.05) is 6.07 Å². The number of hydrogen-bond acceptors (Lipinski definition) is 3. The van der Waals surface area contributed by atoms with Crippen LogP contribution in [0.2, 0.25) is 0 Å². The van der Waals surface area contributed by atoms with Crippen LogP contribution in [0.15, 0.2) is 47.4 Å². The Labute approximate surface area is 137 Å². The van der Waals surface area contributed by atoms with E-state index in [9.17, 15) is 18.4 Å². The van der Waals surface area contributed by atoms with Crippen LogP contribution in [0.5, 0.6) is 0 Å². The summed E-state index contributed by atoms with van der Waals surface area (Å²) in [6.07, 6.45) is 2.66. The van der Waals surface area contributed by atoms with Gasteiger partial charge >= 0.3 is 5.97 Å². The van der Waals surface area contributed by atoms with Gasteiger partial charge in [0.1, 0.15) is 11.6 Å². The van der Waals surface area contributed by atoms with Crippen LogP contribution in [0.1, 0.15) is 24.3 Å². The lowest BCUT2D eigenvalue weighted by molar-refractivity contribution is -0.145. The van der Waals surface area contributed by atoms with Gasteiger partial charge in [-0.15, -0.1) is 0 Å². The smallest absolute Gasteiger partial charge is 0.309 e. The highest BCUT2D eigenvalue weighted by Crippen LogP contribution is 2.49. The first-order valence-corrected chi connectivity index (χ1v) is 7.83. The maximum atomic E-state index is 13.7. The molecule has 0 radical (unpaired) electrons. The highest BCUT2D eigenvalue weighted by Gasteiger charge is 2.46. The number of carbonyl (C=O) groups is 1. The third kappa shape index (κ3) is 3.69. The second kappa shape index (κ2) is 6.95. The van der Waals surface area contributed by atoms with E-state index < -0.39 is 23.5 Å². The average Bonchev–Trinajstić information content (AvgIpc) is 3.36. The molecule has 0 N–H and O–H groups in total. The number of hydrogen-bond donors (Lipinski definition) is 0. The fourth-order valence-corrected chi connectivity index (χ4v) is 2.76. The van der Waals surface area contributed by atoms with Crippen molar-refractivity contribution in [3.63, 3.8) is 0 Å². The average molecular weight is 333 g/mol. The molecule has 2 aromatic rings. The standard InChI is InChI=1S/C18H17F2NO3/c19-12-5-6-16(20)14(10-12)13-11-15(13)18(23)24-9-3-8-21-7-2-1-4-17(21)22/h1-2,4-7,10,13,15H,3,8-9,11H2. The van der Waals surface area contributed by atoms with Crippen molar-refractivity contribution in [3.8, 4) is 0 Å². The minimum atomic E-state index is -0.515. The number of esters is 1. The van der Waals surface area contributed by atoms with E-state index in [-0.39, 0.29) is 23.6 Å². The molecule has 0 aliphatic heterocycles. The third-order valence-corrected chi connectivity index (χ3v) is 4.14. The van der Waals surface area contributed by atoms with Gasteiger partial charge in [-0.05, 0) is 42.7 Å². The van der Waals surface area contributed by atoms with Crippen LogP contribution in [-0.4, -0.2) is 17.1 Å². The summed E-state index contributed by atoms with van der Waals surface area (Å²) >= 11 is 0. The number of ether oxygens (including phenoxy) is 1. The molecule has 1 heterocycles. The minimum absolute atomic E-state index is 0.104. The van der Waals surface area contributed by atoms with Crippen molar-refractivity contribution >= 4 is 5.97 Å². The zero-order valence-corrected chi connectivity index (χ0v) is 13.0. The molecule has 1 aliphatic carbocycles. The molecule has 0 spiro atoms.